The molecule has 110 valence electrons. The van der Waals surface area contributed by atoms with Crippen LogP contribution in [0.4, 0.5) is 0 Å². The van der Waals surface area contributed by atoms with Gasteiger partial charge in [-0.05, 0) is 40.5 Å². The molecule has 20 heavy (non-hydrogen) atoms. The van der Waals surface area contributed by atoms with Crippen molar-refractivity contribution >= 4 is 27.8 Å². The van der Waals surface area contributed by atoms with Crippen molar-refractivity contribution in [2.75, 3.05) is 13.2 Å². The number of carbonyl (C=O) groups excluding carboxylic acids is 1. The third kappa shape index (κ3) is 5.18. The topological polar surface area (TPSA) is 95.9 Å². The minimum absolute atomic E-state index is 0.0463. The standard InChI is InChI=1S/C13H16BrNO5/c1-8-2-3-11(9(14)6-8)20-7-12(17)15-10(4-5-16)13(18)19/h2-3,6,10,16H,4-5,7H2,1H3,(H,15,17)(H,18,19)/t10-/m1/s1. The zero-order chi connectivity index (χ0) is 15.1. The molecule has 1 aromatic rings. The Hall–Kier alpha value is -1.60. The van der Waals surface area contributed by atoms with Gasteiger partial charge in [-0.3, -0.25) is 4.79 Å². The van der Waals surface area contributed by atoms with Gasteiger partial charge in [0.15, 0.2) is 6.61 Å². The second-order valence-electron chi connectivity index (χ2n) is 4.19. The van der Waals surface area contributed by atoms with E-state index in [9.17, 15) is 9.59 Å². The number of carbonyl (C=O) groups is 2. The van der Waals surface area contributed by atoms with Crippen LogP contribution in [0.3, 0.4) is 0 Å². The molecule has 0 aliphatic rings. The Kier molecular flexibility index (Phi) is 6.47. The second kappa shape index (κ2) is 7.86. The number of halogens is 1. The summed E-state index contributed by atoms with van der Waals surface area (Å²) in [5.41, 5.74) is 1.04. The van der Waals surface area contributed by atoms with Gasteiger partial charge in [0, 0.05) is 13.0 Å². The van der Waals surface area contributed by atoms with E-state index in [-0.39, 0.29) is 19.6 Å². The molecule has 3 N–H and O–H groups in total. The summed E-state index contributed by atoms with van der Waals surface area (Å²) < 4.78 is 6.02. The number of aryl methyl sites for hydroxylation is 1. The predicted octanol–water partition coefficient (Wildman–Crippen LogP) is 1.09. The molecule has 1 rings (SSSR count). The van der Waals surface area contributed by atoms with Gasteiger partial charge in [-0.25, -0.2) is 4.79 Å². The van der Waals surface area contributed by atoms with E-state index >= 15 is 0 Å². The predicted molar refractivity (Wildman–Crippen MR) is 75.6 cm³/mol. The van der Waals surface area contributed by atoms with E-state index in [0.29, 0.717) is 5.75 Å². The zero-order valence-electron chi connectivity index (χ0n) is 10.9. The van der Waals surface area contributed by atoms with Gasteiger partial charge in [0.1, 0.15) is 11.8 Å². The van der Waals surface area contributed by atoms with Crippen LogP contribution >= 0.6 is 15.9 Å². The first-order valence-corrected chi connectivity index (χ1v) is 6.75. The molecular formula is C13H16BrNO5. The number of hydrogen-bond acceptors (Lipinski definition) is 4. The fourth-order valence-corrected chi connectivity index (χ4v) is 2.10. The Morgan fingerprint density at radius 2 is 2.15 bits per heavy atom. The second-order valence-corrected chi connectivity index (χ2v) is 5.05. The molecule has 0 radical (unpaired) electrons. The SMILES string of the molecule is Cc1ccc(OCC(=O)N[C@H](CCO)C(=O)O)c(Br)c1. The number of aliphatic hydroxyl groups is 1. The first-order valence-electron chi connectivity index (χ1n) is 5.96. The normalized spacial score (nSPS) is 11.8. The van der Waals surface area contributed by atoms with E-state index in [2.05, 4.69) is 21.2 Å². The number of aliphatic hydroxyl groups excluding tert-OH is 1. The summed E-state index contributed by atoms with van der Waals surface area (Å²) in [7, 11) is 0. The Morgan fingerprint density at radius 1 is 1.45 bits per heavy atom. The van der Waals surface area contributed by atoms with Crippen LogP contribution in [-0.4, -0.2) is 41.3 Å². The summed E-state index contributed by atoms with van der Waals surface area (Å²) in [4.78, 5) is 22.4. The van der Waals surface area contributed by atoms with Gasteiger partial charge >= 0.3 is 5.97 Å². The number of nitrogens with one attached hydrogen (secondary N) is 1. The highest BCUT2D eigenvalue weighted by Crippen LogP contribution is 2.25. The maximum absolute atomic E-state index is 11.6. The van der Waals surface area contributed by atoms with E-state index < -0.39 is 17.9 Å². The lowest BCUT2D eigenvalue weighted by molar-refractivity contribution is -0.142. The highest BCUT2D eigenvalue weighted by atomic mass is 79.9. The Balaban J connectivity index is 2.52. The van der Waals surface area contributed by atoms with Crippen molar-refractivity contribution in [3.63, 3.8) is 0 Å². The number of ether oxygens (including phenoxy) is 1. The molecule has 0 heterocycles. The molecular weight excluding hydrogens is 330 g/mol. The smallest absolute Gasteiger partial charge is 0.326 e. The molecule has 0 unspecified atom stereocenters. The van der Waals surface area contributed by atoms with Gasteiger partial charge in [0.05, 0.1) is 4.47 Å². The Labute approximate surface area is 124 Å². The summed E-state index contributed by atoms with van der Waals surface area (Å²) in [5, 5.41) is 19.8. The van der Waals surface area contributed by atoms with Gasteiger partial charge in [-0.2, -0.15) is 0 Å². The van der Waals surface area contributed by atoms with E-state index in [0.717, 1.165) is 10.0 Å². The lowest BCUT2D eigenvalue weighted by Gasteiger charge is -2.14. The Morgan fingerprint density at radius 3 is 2.70 bits per heavy atom. The number of carboxylic acid groups (broad SMARTS) is 1. The van der Waals surface area contributed by atoms with Crippen LogP contribution in [0.2, 0.25) is 0 Å². The molecule has 0 spiro atoms. The van der Waals surface area contributed by atoms with Crippen LogP contribution in [-0.2, 0) is 9.59 Å². The van der Waals surface area contributed by atoms with Crippen molar-refractivity contribution in [3.05, 3.63) is 28.2 Å². The fraction of sp³-hybridized carbons (Fsp3) is 0.385. The maximum Gasteiger partial charge on any atom is 0.326 e. The van der Waals surface area contributed by atoms with Crippen molar-refractivity contribution < 1.29 is 24.5 Å². The largest absolute Gasteiger partial charge is 0.483 e. The minimum Gasteiger partial charge on any atom is -0.483 e. The minimum atomic E-state index is -1.19. The summed E-state index contributed by atoms with van der Waals surface area (Å²) >= 11 is 3.31. The number of rotatable bonds is 7. The molecule has 1 amide bonds. The van der Waals surface area contributed by atoms with Crippen molar-refractivity contribution in [1.82, 2.24) is 5.32 Å². The fourth-order valence-electron chi connectivity index (χ4n) is 1.49. The summed E-state index contributed by atoms with van der Waals surface area (Å²) in [5.74, 6) is -1.25. The molecule has 7 heteroatoms. The maximum atomic E-state index is 11.6. The van der Waals surface area contributed by atoms with E-state index in [4.69, 9.17) is 14.9 Å². The van der Waals surface area contributed by atoms with Crippen molar-refractivity contribution in [1.29, 1.82) is 0 Å². The molecule has 6 nitrogen and oxygen atoms in total. The molecule has 1 aromatic carbocycles. The number of amides is 1. The van der Waals surface area contributed by atoms with Crippen LogP contribution in [0.25, 0.3) is 0 Å². The van der Waals surface area contributed by atoms with Crippen LogP contribution in [0.5, 0.6) is 5.75 Å². The molecule has 1 atom stereocenters. The lowest BCUT2D eigenvalue weighted by atomic mass is 10.2. The van der Waals surface area contributed by atoms with Crippen molar-refractivity contribution in [2.45, 2.75) is 19.4 Å². The quantitative estimate of drug-likeness (QED) is 0.687. The number of benzene rings is 1. The lowest BCUT2D eigenvalue weighted by Crippen LogP contribution is -2.43. The third-order valence-electron chi connectivity index (χ3n) is 2.50. The summed E-state index contributed by atoms with van der Waals surface area (Å²) in [6, 6.07) is 4.29. The van der Waals surface area contributed by atoms with Crippen molar-refractivity contribution in [3.8, 4) is 5.75 Å². The highest BCUT2D eigenvalue weighted by molar-refractivity contribution is 9.10. The number of carboxylic acids is 1. The number of hydrogen-bond donors (Lipinski definition) is 3. The molecule has 0 aliphatic heterocycles. The van der Waals surface area contributed by atoms with E-state index in [1.165, 1.54) is 0 Å². The average molecular weight is 346 g/mol. The molecule has 0 aliphatic carbocycles. The monoisotopic (exact) mass is 345 g/mol. The third-order valence-corrected chi connectivity index (χ3v) is 3.12. The highest BCUT2D eigenvalue weighted by Gasteiger charge is 2.19. The zero-order valence-corrected chi connectivity index (χ0v) is 12.5. The first-order chi connectivity index (χ1) is 9.43. The van der Waals surface area contributed by atoms with Gasteiger partial charge in [-0.1, -0.05) is 6.07 Å². The van der Waals surface area contributed by atoms with Gasteiger partial charge in [0.2, 0.25) is 0 Å². The molecule has 0 aromatic heterocycles. The van der Waals surface area contributed by atoms with Crippen LogP contribution < -0.4 is 10.1 Å². The van der Waals surface area contributed by atoms with Gasteiger partial charge in [0.25, 0.3) is 5.91 Å². The van der Waals surface area contributed by atoms with E-state index in [1.807, 2.05) is 19.1 Å². The first kappa shape index (κ1) is 16.5. The summed E-state index contributed by atoms with van der Waals surface area (Å²) in [6.07, 6.45) is -0.0463. The Bertz CT molecular complexity index is 492. The van der Waals surface area contributed by atoms with E-state index in [1.54, 1.807) is 6.07 Å². The molecule has 0 saturated carbocycles. The van der Waals surface area contributed by atoms with Gasteiger partial charge < -0.3 is 20.3 Å². The van der Waals surface area contributed by atoms with Crippen molar-refractivity contribution in [2.24, 2.45) is 0 Å². The van der Waals surface area contributed by atoms with Gasteiger partial charge in [-0.15, -0.1) is 0 Å². The average Bonchev–Trinajstić information content (AvgIpc) is 2.37. The van der Waals surface area contributed by atoms with Crippen LogP contribution in [0.1, 0.15) is 12.0 Å². The van der Waals surface area contributed by atoms with Crippen LogP contribution in [0.15, 0.2) is 22.7 Å². The molecule has 0 saturated heterocycles. The molecule has 0 fully saturated rings. The summed E-state index contributed by atoms with van der Waals surface area (Å²) in [6.45, 7) is 1.31. The number of aliphatic carboxylic acids is 1. The van der Waals surface area contributed by atoms with Crippen LogP contribution in [0, 0.1) is 6.92 Å². The molecule has 0 bridgehead atoms.